The molecule has 2 heterocycles. The zero-order chi connectivity index (χ0) is 14.4. The molecule has 0 aliphatic carbocycles. The Morgan fingerprint density at radius 3 is 2.75 bits per heavy atom. The Labute approximate surface area is 117 Å². The van der Waals surface area contributed by atoms with Crippen LogP contribution in [0.3, 0.4) is 0 Å². The fourth-order valence-electron chi connectivity index (χ4n) is 1.67. The first-order valence-corrected chi connectivity index (χ1v) is 6.44. The standard InChI is InChI=1S/C14H17N5O/c1-3-16-13-9-17-12(8-18-13)14(20)19-7-11-6-15-5-4-10(11)2/h4-6,8-9H,3,7H2,1-2H3,(H,16,18)(H,19,20). The summed E-state index contributed by atoms with van der Waals surface area (Å²) in [6.45, 7) is 5.14. The summed E-state index contributed by atoms with van der Waals surface area (Å²) >= 11 is 0. The Kier molecular flexibility index (Phi) is 4.60. The third-order valence-electron chi connectivity index (χ3n) is 2.83. The van der Waals surface area contributed by atoms with E-state index >= 15 is 0 Å². The molecule has 0 unspecified atom stereocenters. The van der Waals surface area contributed by atoms with Gasteiger partial charge in [-0.25, -0.2) is 9.97 Å². The van der Waals surface area contributed by atoms with E-state index in [4.69, 9.17) is 0 Å². The van der Waals surface area contributed by atoms with E-state index in [1.54, 1.807) is 18.6 Å². The highest BCUT2D eigenvalue weighted by Gasteiger charge is 2.08. The van der Waals surface area contributed by atoms with Crippen molar-refractivity contribution in [3.63, 3.8) is 0 Å². The predicted molar refractivity (Wildman–Crippen MR) is 76.3 cm³/mol. The third-order valence-corrected chi connectivity index (χ3v) is 2.83. The van der Waals surface area contributed by atoms with E-state index in [2.05, 4.69) is 25.6 Å². The molecule has 0 fully saturated rings. The molecule has 0 radical (unpaired) electrons. The first-order valence-electron chi connectivity index (χ1n) is 6.44. The van der Waals surface area contributed by atoms with Crippen LogP contribution in [0.1, 0.15) is 28.5 Å². The summed E-state index contributed by atoms with van der Waals surface area (Å²) in [7, 11) is 0. The smallest absolute Gasteiger partial charge is 0.271 e. The highest BCUT2D eigenvalue weighted by atomic mass is 16.1. The van der Waals surface area contributed by atoms with Gasteiger partial charge in [0.1, 0.15) is 11.5 Å². The van der Waals surface area contributed by atoms with Gasteiger partial charge in [-0.3, -0.25) is 9.78 Å². The number of anilines is 1. The Hall–Kier alpha value is -2.50. The van der Waals surface area contributed by atoms with Crippen LogP contribution in [0.2, 0.25) is 0 Å². The van der Waals surface area contributed by atoms with E-state index in [1.165, 1.54) is 6.20 Å². The van der Waals surface area contributed by atoms with Gasteiger partial charge < -0.3 is 10.6 Å². The van der Waals surface area contributed by atoms with Gasteiger partial charge in [0.05, 0.1) is 12.4 Å². The number of pyridine rings is 1. The van der Waals surface area contributed by atoms with Gasteiger partial charge in [-0.1, -0.05) is 0 Å². The lowest BCUT2D eigenvalue weighted by molar-refractivity contribution is 0.0945. The number of aryl methyl sites for hydroxylation is 1. The molecule has 0 atom stereocenters. The Morgan fingerprint density at radius 1 is 1.25 bits per heavy atom. The van der Waals surface area contributed by atoms with Gasteiger partial charge >= 0.3 is 0 Å². The average molecular weight is 271 g/mol. The van der Waals surface area contributed by atoms with Crippen LogP contribution in [0, 0.1) is 6.92 Å². The van der Waals surface area contributed by atoms with Crippen molar-refractivity contribution in [3.8, 4) is 0 Å². The fourth-order valence-corrected chi connectivity index (χ4v) is 1.67. The lowest BCUT2D eigenvalue weighted by atomic mass is 10.1. The molecule has 0 aromatic carbocycles. The molecule has 0 aliphatic heterocycles. The second kappa shape index (κ2) is 6.60. The van der Waals surface area contributed by atoms with Crippen molar-refractivity contribution in [3.05, 3.63) is 47.7 Å². The number of carbonyl (C=O) groups is 1. The summed E-state index contributed by atoms with van der Waals surface area (Å²) in [5, 5.41) is 5.83. The molecule has 0 aliphatic rings. The second-order valence-corrected chi connectivity index (χ2v) is 4.30. The maximum atomic E-state index is 11.9. The van der Waals surface area contributed by atoms with Crippen molar-refractivity contribution in [1.82, 2.24) is 20.3 Å². The fraction of sp³-hybridized carbons (Fsp3) is 0.286. The van der Waals surface area contributed by atoms with E-state index in [0.29, 0.717) is 18.1 Å². The van der Waals surface area contributed by atoms with Crippen molar-refractivity contribution in [2.45, 2.75) is 20.4 Å². The van der Waals surface area contributed by atoms with Crippen molar-refractivity contribution in [2.24, 2.45) is 0 Å². The normalized spacial score (nSPS) is 10.1. The summed E-state index contributed by atoms with van der Waals surface area (Å²) in [5.41, 5.74) is 2.38. The van der Waals surface area contributed by atoms with Gasteiger partial charge in [0.15, 0.2) is 0 Å². The molecule has 0 saturated heterocycles. The molecule has 0 spiro atoms. The van der Waals surface area contributed by atoms with Gasteiger partial charge in [-0.2, -0.15) is 0 Å². The summed E-state index contributed by atoms with van der Waals surface area (Å²) in [5.74, 6) is 0.413. The molecule has 2 aromatic rings. The molecular formula is C14H17N5O. The topological polar surface area (TPSA) is 79.8 Å². The van der Waals surface area contributed by atoms with Gasteiger partial charge in [-0.15, -0.1) is 0 Å². The van der Waals surface area contributed by atoms with Crippen LogP contribution in [0.4, 0.5) is 5.82 Å². The van der Waals surface area contributed by atoms with E-state index in [1.807, 2.05) is 19.9 Å². The first-order chi connectivity index (χ1) is 9.70. The number of aromatic nitrogens is 3. The Bertz CT molecular complexity index is 582. The minimum absolute atomic E-state index is 0.246. The third kappa shape index (κ3) is 3.50. The van der Waals surface area contributed by atoms with E-state index in [-0.39, 0.29) is 5.91 Å². The van der Waals surface area contributed by atoms with Gasteiger partial charge in [0.2, 0.25) is 0 Å². The molecule has 1 amide bonds. The number of rotatable bonds is 5. The molecule has 2 N–H and O–H groups in total. The van der Waals surface area contributed by atoms with Crippen LogP contribution in [0.25, 0.3) is 0 Å². The molecule has 2 aromatic heterocycles. The van der Waals surface area contributed by atoms with E-state index in [0.717, 1.165) is 17.7 Å². The van der Waals surface area contributed by atoms with Crippen LogP contribution >= 0.6 is 0 Å². The van der Waals surface area contributed by atoms with Crippen LogP contribution in [0.5, 0.6) is 0 Å². The molecule has 104 valence electrons. The molecule has 20 heavy (non-hydrogen) atoms. The van der Waals surface area contributed by atoms with Gasteiger partial charge in [-0.05, 0) is 31.0 Å². The maximum absolute atomic E-state index is 11.9. The zero-order valence-electron chi connectivity index (χ0n) is 11.6. The first kappa shape index (κ1) is 13.9. The summed E-state index contributed by atoms with van der Waals surface area (Å²) in [6.07, 6.45) is 6.48. The SMILES string of the molecule is CCNc1cnc(C(=O)NCc2cnccc2C)cn1. The number of carbonyl (C=O) groups excluding carboxylic acids is 1. The van der Waals surface area contributed by atoms with Crippen molar-refractivity contribution in [1.29, 1.82) is 0 Å². The minimum Gasteiger partial charge on any atom is -0.369 e. The lowest BCUT2D eigenvalue weighted by Crippen LogP contribution is -2.24. The highest BCUT2D eigenvalue weighted by molar-refractivity contribution is 5.91. The van der Waals surface area contributed by atoms with Crippen LogP contribution in [-0.2, 0) is 6.54 Å². The van der Waals surface area contributed by atoms with Gasteiger partial charge in [0.25, 0.3) is 5.91 Å². The van der Waals surface area contributed by atoms with Gasteiger partial charge in [0, 0.05) is 25.5 Å². The zero-order valence-corrected chi connectivity index (χ0v) is 11.6. The summed E-state index contributed by atoms with van der Waals surface area (Å²) < 4.78 is 0. The largest absolute Gasteiger partial charge is 0.369 e. The number of hydrogen-bond donors (Lipinski definition) is 2. The van der Waals surface area contributed by atoms with Crippen LogP contribution in [-0.4, -0.2) is 27.4 Å². The minimum atomic E-state index is -0.246. The summed E-state index contributed by atoms with van der Waals surface area (Å²) in [6, 6.07) is 1.91. The lowest BCUT2D eigenvalue weighted by Gasteiger charge is -2.07. The molecular weight excluding hydrogens is 254 g/mol. The monoisotopic (exact) mass is 271 g/mol. The van der Waals surface area contributed by atoms with Crippen LogP contribution < -0.4 is 10.6 Å². The quantitative estimate of drug-likeness (QED) is 0.862. The molecule has 2 rings (SSSR count). The maximum Gasteiger partial charge on any atom is 0.271 e. The number of amides is 1. The predicted octanol–water partition coefficient (Wildman–Crippen LogP) is 1.54. The molecule has 0 saturated carbocycles. The number of nitrogens with one attached hydrogen (secondary N) is 2. The summed E-state index contributed by atoms with van der Waals surface area (Å²) in [4.78, 5) is 24.2. The molecule has 0 bridgehead atoms. The highest BCUT2D eigenvalue weighted by Crippen LogP contribution is 2.05. The van der Waals surface area contributed by atoms with Crippen molar-refractivity contribution in [2.75, 3.05) is 11.9 Å². The number of nitrogens with zero attached hydrogens (tertiary/aromatic N) is 3. The molecule has 6 heteroatoms. The molecule has 6 nitrogen and oxygen atoms in total. The Balaban J connectivity index is 1.96. The van der Waals surface area contributed by atoms with E-state index in [9.17, 15) is 4.79 Å². The number of hydrogen-bond acceptors (Lipinski definition) is 5. The average Bonchev–Trinajstić information content (AvgIpc) is 2.47. The van der Waals surface area contributed by atoms with E-state index < -0.39 is 0 Å². The van der Waals surface area contributed by atoms with Crippen molar-refractivity contribution >= 4 is 11.7 Å². The van der Waals surface area contributed by atoms with Crippen LogP contribution in [0.15, 0.2) is 30.9 Å². The Morgan fingerprint density at radius 2 is 2.10 bits per heavy atom. The van der Waals surface area contributed by atoms with Crippen molar-refractivity contribution < 1.29 is 4.79 Å². The second-order valence-electron chi connectivity index (χ2n) is 4.30.